The van der Waals surface area contributed by atoms with Crippen LogP contribution < -0.4 is 5.32 Å². The number of hydrogen-bond donors (Lipinski definition) is 1. The molecule has 1 aliphatic carbocycles. The molecule has 150 valence electrons. The smallest absolute Gasteiger partial charge is 0.312 e. The van der Waals surface area contributed by atoms with Crippen LogP contribution >= 0.6 is 11.6 Å². The summed E-state index contributed by atoms with van der Waals surface area (Å²) in [6, 6.07) is 7.13. The van der Waals surface area contributed by atoms with Gasteiger partial charge in [0.05, 0.1) is 5.71 Å². The van der Waals surface area contributed by atoms with Gasteiger partial charge in [-0.2, -0.15) is 0 Å². The van der Waals surface area contributed by atoms with Gasteiger partial charge in [-0.25, -0.2) is 4.99 Å². The van der Waals surface area contributed by atoms with Crippen LogP contribution in [0.1, 0.15) is 18.4 Å². The second-order valence-corrected chi connectivity index (χ2v) is 7.64. The molecule has 0 radical (unpaired) electrons. The first-order chi connectivity index (χ1) is 14.1. The third-order valence-electron chi connectivity index (χ3n) is 5.06. The number of carbonyl (C=O) groups excluding carboxylic acids is 2. The van der Waals surface area contributed by atoms with E-state index < -0.39 is 12.0 Å². The molecule has 1 saturated heterocycles. The fourth-order valence-corrected chi connectivity index (χ4v) is 3.75. The Hall–Kier alpha value is -2.70. The second kappa shape index (κ2) is 8.76. The number of ether oxygens (including phenoxy) is 1. The van der Waals surface area contributed by atoms with Crippen molar-refractivity contribution in [2.45, 2.75) is 18.9 Å². The van der Waals surface area contributed by atoms with Crippen LogP contribution in [-0.2, 0) is 14.3 Å². The average molecular weight is 412 g/mol. The lowest BCUT2D eigenvalue weighted by molar-refractivity contribution is -0.119. The molecule has 1 N–H and O–H groups in total. The Bertz CT molecular complexity index is 942. The normalized spacial score (nSPS) is 22.7. The van der Waals surface area contributed by atoms with E-state index in [-0.39, 0.29) is 11.7 Å². The summed E-state index contributed by atoms with van der Waals surface area (Å²) in [5.74, 6) is -0.497. The monoisotopic (exact) mass is 411 g/mol. The molecular weight excluding hydrogens is 390 g/mol. The van der Waals surface area contributed by atoms with E-state index in [1.165, 1.54) is 12.8 Å². The molecule has 2 amide bonds. The topological polar surface area (TPSA) is 71.0 Å². The van der Waals surface area contributed by atoms with E-state index >= 15 is 0 Å². The quantitative estimate of drug-likeness (QED) is 0.756. The molecular formula is C22H22ClN3O3. The van der Waals surface area contributed by atoms with Crippen LogP contribution in [0.25, 0.3) is 6.08 Å². The lowest BCUT2D eigenvalue weighted by Gasteiger charge is -2.24. The van der Waals surface area contributed by atoms with Gasteiger partial charge in [-0.1, -0.05) is 23.7 Å². The molecule has 1 unspecified atom stereocenters. The lowest BCUT2D eigenvalue weighted by atomic mass is 10.0. The minimum Gasteiger partial charge on any atom is -0.474 e. The van der Waals surface area contributed by atoms with Crippen molar-refractivity contribution in [2.24, 2.45) is 4.99 Å². The van der Waals surface area contributed by atoms with Gasteiger partial charge in [0.2, 0.25) is 0 Å². The average Bonchev–Trinajstić information content (AvgIpc) is 3.22. The van der Waals surface area contributed by atoms with Gasteiger partial charge in [-0.3, -0.25) is 9.59 Å². The molecule has 1 aromatic rings. The minimum absolute atomic E-state index is 0.151. The highest BCUT2D eigenvalue weighted by atomic mass is 35.5. The van der Waals surface area contributed by atoms with Crippen LogP contribution in [-0.4, -0.2) is 54.7 Å². The van der Waals surface area contributed by atoms with Crippen LogP contribution in [0.4, 0.5) is 0 Å². The van der Waals surface area contributed by atoms with Gasteiger partial charge in [0.15, 0.2) is 11.9 Å². The number of fused-ring (bicyclic) bond motifs is 1. The first-order valence-electron chi connectivity index (χ1n) is 9.76. The summed E-state index contributed by atoms with van der Waals surface area (Å²) in [5, 5.41) is 3.50. The predicted octanol–water partition coefficient (Wildman–Crippen LogP) is 2.76. The number of benzene rings is 1. The Kier molecular flexibility index (Phi) is 5.92. The molecule has 3 aliphatic rings. The molecule has 1 fully saturated rings. The van der Waals surface area contributed by atoms with Crippen molar-refractivity contribution >= 4 is 35.2 Å². The summed E-state index contributed by atoms with van der Waals surface area (Å²) in [6.07, 6.45) is 8.65. The zero-order valence-electron chi connectivity index (χ0n) is 15.9. The maximum absolute atomic E-state index is 12.4. The van der Waals surface area contributed by atoms with E-state index in [4.69, 9.17) is 16.3 Å². The molecule has 1 aromatic carbocycles. The number of aliphatic imine (C=N–C) groups is 1. The van der Waals surface area contributed by atoms with E-state index in [1.807, 2.05) is 6.07 Å². The van der Waals surface area contributed by atoms with Crippen LogP contribution in [0.3, 0.4) is 0 Å². The van der Waals surface area contributed by atoms with E-state index in [0.717, 1.165) is 25.2 Å². The summed E-state index contributed by atoms with van der Waals surface area (Å²) in [5.41, 5.74) is 1.67. The standard InChI is InChI=1S/C22H22ClN3O3/c23-17-5-3-4-15(12-17)13-20-22(28)25-18-14-16(6-7-19(18)29-20)21(27)24-8-11-26-9-1-2-10-26/h3-7,12-14,19H,1-2,8-11H2,(H,24,27)/b20-13+. The molecule has 7 heteroatoms. The third kappa shape index (κ3) is 4.83. The van der Waals surface area contributed by atoms with Crippen molar-refractivity contribution < 1.29 is 14.3 Å². The van der Waals surface area contributed by atoms with Gasteiger partial charge in [0, 0.05) is 23.7 Å². The number of halogens is 1. The number of rotatable bonds is 5. The van der Waals surface area contributed by atoms with Crippen molar-refractivity contribution in [3.63, 3.8) is 0 Å². The van der Waals surface area contributed by atoms with Crippen LogP contribution in [0, 0.1) is 0 Å². The summed E-state index contributed by atoms with van der Waals surface area (Å²) in [4.78, 5) is 31.2. The number of nitrogens with one attached hydrogen (secondary N) is 1. The Morgan fingerprint density at radius 1 is 1.34 bits per heavy atom. The molecule has 0 bridgehead atoms. The van der Waals surface area contributed by atoms with Gasteiger partial charge in [-0.05, 0) is 67.9 Å². The van der Waals surface area contributed by atoms with E-state index in [9.17, 15) is 9.59 Å². The van der Waals surface area contributed by atoms with Gasteiger partial charge in [0.1, 0.15) is 0 Å². The summed E-state index contributed by atoms with van der Waals surface area (Å²) >= 11 is 5.99. The molecule has 1 atom stereocenters. The first kappa shape index (κ1) is 19.6. The third-order valence-corrected chi connectivity index (χ3v) is 5.30. The highest BCUT2D eigenvalue weighted by Gasteiger charge is 2.29. The van der Waals surface area contributed by atoms with E-state index in [0.29, 0.717) is 22.9 Å². The summed E-state index contributed by atoms with van der Waals surface area (Å²) in [6.45, 7) is 3.65. The molecule has 29 heavy (non-hydrogen) atoms. The number of nitrogens with zero attached hydrogens (tertiary/aromatic N) is 2. The van der Waals surface area contributed by atoms with E-state index in [2.05, 4.69) is 15.2 Å². The molecule has 0 spiro atoms. The van der Waals surface area contributed by atoms with Gasteiger partial charge in [-0.15, -0.1) is 0 Å². The number of likely N-dealkylation sites (tertiary alicyclic amines) is 1. The largest absolute Gasteiger partial charge is 0.474 e. The van der Waals surface area contributed by atoms with Crippen molar-refractivity contribution in [3.8, 4) is 0 Å². The van der Waals surface area contributed by atoms with Crippen LogP contribution in [0.2, 0.25) is 5.02 Å². The summed E-state index contributed by atoms with van der Waals surface area (Å²) in [7, 11) is 0. The zero-order chi connectivity index (χ0) is 20.2. The van der Waals surface area contributed by atoms with Crippen LogP contribution in [0.5, 0.6) is 0 Å². The van der Waals surface area contributed by atoms with Gasteiger partial charge < -0.3 is 15.0 Å². The number of amides is 2. The summed E-state index contributed by atoms with van der Waals surface area (Å²) < 4.78 is 5.79. The molecule has 0 aromatic heterocycles. The fraction of sp³-hybridized carbons (Fsp3) is 0.318. The second-order valence-electron chi connectivity index (χ2n) is 7.21. The molecule has 2 heterocycles. The van der Waals surface area contributed by atoms with Crippen LogP contribution in [0.15, 0.2) is 58.8 Å². The van der Waals surface area contributed by atoms with Crippen molar-refractivity contribution in [3.05, 3.63) is 64.4 Å². The number of hydrogen-bond acceptors (Lipinski definition) is 4. The maximum atomic E-state index is 12.4. The highest BCUT2D eigenvalue weighted by molar-refractivity contribution is 6.30. The van der Waals surface area contributed by atoms with Crippen molar-refractivity contribution in [2.75, 3.05) is 26.2 Å². The molecule has 4 rings (SSSR count). The Balaban J connectivity index is 1.41. The Morgan fingerprint density at radius 3 is 2.97 bits per heavy atom. The lowest BCUT2D eigenvalue weighted by Crippen LogP contribution is -2.36. The van der Waals surface area contributed by atoms with Gasteiger partial charge in [0.25, 0.3) is 5.91 Å². The Labute approximate surface area is 174 Å². The predicted molar refractivity (Wildman–Crippen MR) is 113 cm³/mol. The minimum atomic E-state index is -0.487. The molecule has 6 nitrogen and oxygen atoms in total. The van der Waals surface area contributed by atoms with Crippen molar-refractivity contribution in [1.29, 1.82) is 0 Å². The van der Waals surface area contributed by atoms with E-state index in [1.54, 1.807) is 42.5 Å². The van der Waals surface area contributed by atoms with Gasteiger partial charge >= 0.3 is 5.91 Å². The molecule has 2 aliphatic heterocycles. The highest BCUT2D eigenvalue weighted by Crippen LogP contribution is 2.23. The molecule has 0 saturated carbocycles. The zero-order valence-corrected chi connectivity index (χ0v) is 16.7. The first-order valence-corrected chi connectivity index (χ1v) is 10.1. The SMILES string of the molecule is O=C(NCCN1CCCC1)C1=CC2=NC(=O)/C(=C\c3cccc(Cl)c3)OC2C=C1. The van der Waals surface area contributed by atoms with Crippen molar-refractivity contribution in [1.82, 2.24) is 10.2 Å². The fourth-order valence-electron chi connectivity index (χ4n) is 3.55. The maximum Gasteiger partial charge on any atom is 0.312 e. The number of carbonyl (C=O) groups is 2. The Morgan fingerprint density at radius 2 is 2.17 bits per heavy atom.